The van der Waals surface area contributed by atoms with Crippen LogP contribution in [0, 0.1) is 10.1 Å². The van der Waals surface area contributed by atoms with E-state index in [0.29, 0.717) is 6.07 Å². The Bertz CT molecular complexity index is 646. The molecular weight excluding hydrogens is 376 g/mol. The highest BCUT2D eigenvalue weighted by Crippen LogP contribution is 2.48. The minimum atomic E-state index is -4.84. The molecule has 0 aliphatic rings. The van der Waals surface area contributed by atoms with E-state index >= 15 is 0 Å². The van der Waals surface area contributed by atoms with Crippen molar-refractivity contribution in [1.29, 1.82) is 0 Å². The second-order valence-electron chi connectivity index (χ2n) is 4.39. The largest absolute Gasteiger partial charge is 0.418 e. The van der Waals surface area contributed by atoms with Crippen LogP contribution in [0.4, 0.5) is 24.5 Å². The maximum absolute atomic E-state index is 12.8. The van der Waals surface area contributed by atoms with E-state index in [4.69, 9.17) is 20.6 Å². The van der Waals surface area contributed by atoms with Gasteiger partial charge in [0.15, 0.2) is 0 Å². The maximum Gasteiger partial charge on any atom is 0.418 e. The summed E-state index contributed by atoms with van der Waals surface area (Å²) in [5.41, 5.74) is -2.51. The first-order valence-corrected chi connectivity index (χ1v) is 8.81. The van der Waals surface area contributed by atoms with Crippen LogP contribution >= 0.6 is 19.2 Å². The topological polar surface area (TPSA) is 90.7 Å². The third-order valence-corrected chi connectivity index (χ3v) is 4.86. The minimum Gasteiger partial charge on any atom is -0.368 e. The summed E-state index contributed by atoms with van der Waals surface area (Å²) in [6.07, 6.45) is -5.30. The second kappa shape index (κ2) is 8.15. The van der Waals surface area contributed by atoms with Crippen molar-refractivity contribution in [3.63, 3.8) is 0 Å². The van der Waals surface area contributed by atoms with Gasteiger partial charge in [-0.25, -0.2) is 0 Å². The van der Waals surface area contributed by atoms with Crippen LogP contribution in [-0.2, 0) is 19.8 Å². The molecule has 0 saturated heterocycles. The average Bonchev–Trinajstić information content (AvgIpc) is 2.44. The van der Waals surface area contributed by atoms with E-state index in [-0.39, 0.29) is 18.9 Å². The van der Waals surface area contributed by atoms with E-state index in [1.54, 1.807) is 13.8 Å². The van der Waals surface area contributed by atoms with Gasteiger partial charge in [0, 0.05) is 6.07 Å². The lowest BCUT2D eigenvalue weighted by molar-refractivity contribution is -0.384. The van der Waals surface area contributed by atoms with Gasteiger partial charge >= 0.3 is 13.8 Å². The summed E-state index contributed by atoms with van der Waals surface area (Å²) in [5, 5.41) is 12.7. The van der Waals surface area contributed by atoms with Crippen LogP contribution in [0.2, 0.25) is 5.02 Å². The summed E-state index contributed by atoms with van der Waals surface area (Å²) in [7, 11) is -3.59. The van der Waals surface area contributed by atoms with Crippen LogP contribution in [0.3, 0.4) is 0 Å². The highest BCUT2D eigenvalue weighted by atomic mass is 35.5. The van der Waals surface area contributed by atoms with Gasteiger partial charge in [-0.2, -0.15) is 13.2 Å². The van der Waals surface area contributed by atoms with Crippen molar-refractivity contribution in [2.75, 3.05) is 24.8 Å². The van der Waals surface area contributed by atoms with E-state index in [0.717, 1.165) is 6.07 Å². The molecule has 1 aromatic carbocycles. The van der Waals surface area contributed by atoms with E-state index in [1.165, 1.54) is 0 Å². The Morgan fingerprint density at radius 2 is 1.83 bits per heavy atom. The molecule has 0 unspecified atom stereocenters. The predicted octanol–water partition coefficient (Wildman–Crippen LogP) is 4.90. The molecule has 0 atom stereocenters. The highest BCUT2D eigenvalue weighted by Gasteiger charge is 2.36. The predicted molar refractivity (Wildman–Crippen MR) is 82.5 cm³/mol. The first-order chi connectivity index (χ1) is 11.0. The summed E-state index contributed by atoms with van der Waals surface area (Å²) in [5.74, 6) is 0. The molecule has 136 valence electrons. The van der Waals surface area contributed by atoms with Crippen molar-refractivity contribution >= 4 is 30.6 Å². The first-order valence-electron chi connectivity index (χ1n) is 6.71. The number of benzene rings is 1. The van der Waals surface area contributed by atoms with Crippen molar-refractivity contribution < 1.29 is 31.7 Å². The van der Waals surface area contributed by atoms with Crippen LogP contribution in [0.1, 0.15) is 19.4 Å². The third-order valence-electron chi connectivity index (χ3n) is 2.70. The van der Waals surface area contributed by atoms with Gasteiger partial charge < -0.3 is 14.4 Å². The number of alkyl halides is 3. The molecule has 12 heteroatoms. The normalized spacial score (nSPS) is 12.2. The number of nitro groups is 1. The summed E-state index contributed by atoms with van der Waals surface area (Å²) in [6.45, 7) is 3.27. The van der Waals surface area contributed by atoms with Crippen LogP contribution in [-0.4, -0.2) is 24.4 Å². The number of nitrogens with one attached hydrogen (secondary N) is 1. The summed E-state index contributed by atoms with van der Waals surface area (Å²) >= 11 is 5.55. The zero-order valence-electron chi connectivity index (χ0n) is 12.7. The standard InChI is InChI=1S/C12H15ClF3N2O5P/c1-3-22-24(21,23-4-2)7-17-10-6-9(13)8(12(14,15)16)5-11(10)18(19)20/h5-6,17H,3-4,7H2,1-2H3. The van der Waals surface area contributed by atoms with Crippen LogP contribution in [0.15, 0.2) is 12.1 Å². The van der Waals surface area contributed by atoms with E-state index in [1.807, 2.05) is 0 Å². The van der Waals surface area contributed by atoms with Crippen molar-refractivity contribution in [1.82, 2.24) is 0 Å². The fraction of sp³-hybridized carbons (Fsp3) is 0.500. The molecule has 0 bridgehead atoms. The number of nitrogens with zero attached hydrogens (tertiary/aromatic N) is 1. The van der Waals surface area contributed by atoms with Gasteiger partial charge in [0.25, 0.3) is 5.69 Å². The average molecular weight is 391 g/mol. The molecule has 0 aromatic heterocycles. The molecule has 0 saturated carbocycles. The summed E-state index contributed by atoms with van der Waals surface area (Å²) in [4.78, 5) is 10.0. The van der Waals surface area contributed by atoms with Crippen molar-refractivity contribution in [3.05, 3.63) is 32.8 Å². The molecule has 24 heavy (non-hydrogen) atoms. The second-order valence-corrected chi connectivity index (χ2v) is 6.85. The Labute approximate surface area is 140 Å². The first kappa shape index (κ1) is 20.7. The van der Waals surface area contributed by atoms with Crippen molar-refractivity contribution in [2.24, 2.45) is 0 Å². The van der Waals surface area contributed by atoms with Crippen molar-refractivity contribution in [2.45, 2.75) is 20.0 Å². The number of halogens is 4. The van der Waals surface area contributed by atoms with Crippen LogP contribution < -0.4 is 5.32 Å². The van der Waals surface area contributed by atoms with E-state index in [2.05, 4.69) is 5.32 Å². The van der Waals surface area contributed by atoms with Gasteiger partial charge in [-0.1, -0.05) is 11.6 Å². The van der Waals surface area contributed by atoms with Crippen LogP contribution in [0.5, 0.6) is 0 Å². The lowest BCUT2D eigenvalue weighted by atomic mass is 10.1. The maximum atomic E-state index is 12.8. The third kappa shape index (κ3) is 5.34. The van der Waals surface area contributed by atoms with Gasteiger partial charge in [0.05, 0.1) is 28.7 Å². The summed E-state index contributed by atoms with van der Waals surface area (Å²) < 4.78 is 60.6. The Balaban J connectivity index is 3.18. The molecule has 0 fully saturated rings. The number of hydrogen-bond acceptors (Lipinski definition) is 6. The van der Waals surface area contributed by atoms with Crippen molar-refractivity contribution in [3.8, 4) is 0 Å². The van der Waals surface area contributed by atoms with Gasteiger partial charge in [-0.3, -0.25) is 14.7 Å². The smallest absolute Gasteiger partial charge is 0.368 e. The monoisotopic (exact) mass is 390 g/mol. The molecule has 0 amide bonds. The minimum absolute atomic E-state index is 0.0643. The number of nitro benzene ring substituents is 1. The Morgan fingerprint density at radius 3 is 2.25 bits per heavy atom. The zero-order chi connectivity index (χ0) is 18.5. The van der Waals surface area contributed by atoms with Gasteiger partial charge in [0.1, 0.15) is 12.0 Å². The quantitative estimate of drug-likeness (QED) is 0.385. The van der Waals surface area contributed by atoms with Gasteiger partial charge in [-0.15, -0.1) is 0 Å². The fourth-order valence-corrected chi connectivity index (χ4v) is 3.45. The summed E-state index contributed by atoms with van der Waals surface area (Å²) in [6, 6.07) is 1.07. The number of anilines is 1. The molecule has 1 aromatic rings. The van der Waals surface area contributed by atoms with Gasteiger partial charge in [0.2, 0.25) is 0 Å². The van der Waals surface area contributed by atoms with E-state index in [9.17, 15) is 27.9 Å². The lowest BCUT2D eigenvalue weighted by Crippen LogP contribution is -2.11. The number of rotatable bonds is 8. The Kier molecular flexibility index (Phi) is 7.03. The highest BCUT2D eigenvalue weighted by molar-refractivity contribution is 7.53. The molecule has 0 aliphatic heterocycles. The lowest BCUT2D eigenvalue weighted by Gasteiger charge is -2.18. The zero-order valence-corrected chi connectivity index (χ0v) is 14.4. The van der Waals surface area contributed by atoms with Gasteiger partial charge in [-0.05, 0) is 19.9 Å². The molecule has 7 nitrogen and oxygen atoms in total. The molecule has 0 heterocycles. The Hall–Kier alpha value is -1.35. The fourth-order valence-electron chi connectivity index (χ4n) is 1.78. The SMILES string of the molecule is CCOP(=O)(CNc1cc(Cl)c(C(F)(F)F)cc1[N+](=O)[O-])OCC. The van der Waals surface area contributed by atoms with Crippen LogP contribution in [0.25, 0.3) is 0 Å². The molecule has 1 N–H and O–H groups in total. The molecule has 0 aliphatic carbocycles. The molecule has 1 rings (SSSR count). The van der Waals surface area contributed by atoms with E-state index < -0.39 is 41.3 Å². The Morgan fingerprint density at radius 1 is 1.29 bits per heavy atom. The molecule has 0 spiro atoms. The molecule has 0 radical (unpaired) electrons. The number of hydrogen-bond donors (Lipinski definition) is 1. The molecular formula is C12H15ClF3N2O5P.